The summed E-state index contributed by atoms with van der Waals surface area (Å²) in [6, 6.07) is 13.5. The molecule has 7 heteroatoms. The molecule has 6 nitrogen and oxygen atoms in total. The van der Waals surface area contributed by atoms with Crippen LogP contribution in [0.25, 0.3) is 0 Å². The van der Waals surface area contributed by atoms with Crippen LogP contribution in [0.3, 0.4) is 0 Å². The second-order valence-electron chi connectivity index (χ2n) is 6.35. The molecule has 0 spiro atoms. The lowest BCUT2D eigenvalue weighted by Crippen LogP contribution is -2.50. The highest BCUT2D eigenvalue weighted by molar-refractivity contribution is 8.01. The molecular formula is C19H20N4O2S. The van der Waals surface area contributed by atoms with Crippen LogP contribution in [0.2, 0.25) is 0 Å². The number of carbonyl (C=O) groups excluding carboxylic acids is 2. The van der Waals surface area contributed by atoms with Gasteiger partial charge in [0, 0.05) is 43.7 Å². The van der Waals surface area contributed by atoms with Crippen LogP contribution in [0.15, 0.2) is 53.6 Å². The Hall–Kier alpha value is -2.54. The number of thioether (sulfide) groups is 1. The largest absolute Gasteiger partial charge is 0.353 e. The first-order valence-electron chi connectivity index (χ1n) is 8.71. The zero-order chi connectivity index (χ0) is 17.9. The minimum absolute atomic E-state index is 0.0395. The molecule has 3 heterocycles. The molecule has 1 saturated heterocycles. The molecule has 1 N–H and O–H groups in total. The molecule has 0 bridgehead atoms. The topological polar surface area (TPSA) is 65.5 Å². The molecule has 2 amide bonds. The first kappa shape index (κ1) is 16.9. The SMILES string of the molecule is O=C1Nc2ccccc2S[C@@H]1CC(=O)N1CCN(c2ccccn2)CC1. The Bertz CT molecular complexity index is 806. The van der Waals surface area contributed by atoms with Crippen molar-refractivity contribution in [3.05, 3.63) is 48.7 Å². The van der Waals surface area contributed by atoms with Gasteiger partial charge in [0.2, 0.25) is 11.8 Å². The predicted octanol–water partition coefficient (Wildman–Crippen LogP) is 2.23. The van der Waals surface area contributed by atoms with Gasteiger partial charge in [0.1, 0.15) is 5.82 Å². The molecular weight excluding hydrogens is 348 g/mol. The average Bonchev–Trinajstić information content (AvgIpc) is 2.69. The van der Waals surface area contributed by atoms with Gasteiger partial charge in [-0.1, -0.05) is 18.2 Å². The van der Waals surface area contributed by atoms with Crippen molar-refractivity contribution < 1.29 is 9.59 Å². The van der Waals surface area contributed by atoms with Crippen LogP contribution in [-0.4, -0.2) is 53.1 Å². The molecule has 4 rings (SSSR count). The van der Waals surface area contributed by atoms with Crippen LogP contribution in [0.5, 0.6) is 0 Å². The summed E-state index contributed by atoms with van der Waals surface area (Å²) in [5, 5.41) is 2.53. The van der Waals surface area contributed by atoms with Gasteiger partial charge >= 0.3 is 0 Å². The number of rotatable bonds is 3. The number of hydrogen-bond donors (Lipinski definition) is 1. The zero-order valence-electron chi connectivity index (χ0n) is 14.3. The van der Waals surface area contributed by atoms with Crippen molar-refractivity contribution in [1.29, 1.82) is 0 Å². The maximum Gasteiger partial charge on any atom is 0.238 e. The highest BCUT2D eigenvalue weighted by Crippen LogP contribution is 2.36. The fourth-order valence-electron chi connectivity index (χ4n) is 3.24. The molecule has 26 heavy (non-hydrogen) atoms. The Kier molecular flexibility index (Phi) is 4.79. The molecule has 2 aromatic rings. The standard InChI is InChI=1S/C19H20N4O2S/c24-18(13-16-19(25)21-14-5-1-2-6-15(14)26-16)23-11-9-22(10-12-23)17-7-3-4-8-20-17/h1-8,16H,9-13H2,(H,21,25)/t16-/m1/s1. The number of hydrogen-bond acceptors (Lipinski definition) is 5. The molecule has 1 aromatic heterocycles. The van der Waals surface area contributed by atoms with Gasteiger partial charge < -0.3 is 15.1 Å². The molecule has 134 valence electrons. The van der Waals surface area contributed by atoms with Gasteiger partial charge in [0.15, 0.2) is 0 Å². The molecule has 0 unspecified atom stereocenters. The quantitative estimate of drug-likeness (QED) is 0.900. The van der Waals surface area contributed by atoms with Crippen molar-refractivity contribution in [3.8, 4) is 0 Å². The summed E-state index contributed by atoms with van der Waals surface area (Å²) in [7, 11) is 0. The third kappa shape index (κ3) is 3.53. The Morgan fingerprint density at radius 2 is 1.88 bits per heavy atom. The number of nitrogens with zero attached hydrogens (tertiary/aromatic N) is 3. The lowest BCUT2D eigenvalue weighted by Gasteiger charge is -2.36. The highest BCUT2D eigenvalue weighted by Gasteiger charge is 2.31. The number of nitrogens with one attached hydrogen (secondary N) is 1. The number of aromatic nitrogens is 1. The van der Waals surface area contributed by atoms with E-state index in [9.17, 15) is 9.59 Å². The summed E-state index contributed by atoms with van der Waals surface area (Å²) in [5.74, 6) is 0.894. The Labute approximate surface area is 156 Å². The number of fused-ring (bicyclic) bond motifs is 1. The molecule has 2 aliphatic heterocycles. The summed E-state index contributed by atoms with van der Waals surface area (Å²) < 4.78 is 0. The number of anilines is 2. The van der Waals surface area contributed by atoms with E-state index in [0.29, 0.717) is 13.1 Å². The number of para-hydroxylation sites is 1. The van der Waals surface area contributed by atoms with Crippen molar-refractivity contribution >= 4 is 35.1 Å². The van der Waals surface area contributed by atoms with E-state index in [1.807, 2.05) is 47.4 Å². The first-order valence-corrected chi connectivity index (χ1v) is 9.59. The molecule has 0 aliphatic carbocycles. The maximum absolute atomic E-state index is 12.7. The fraction of sp³-hybridized carbons (Fsp3) is 0.316. The van der Waals surface area contributed by atoms with E-state index in [-0.39, 0.29) is 23.5 Å². The first-order chi connectivity index (χ1) is 12.7. The fourth-order valence-corrected chi connectivity index (χ4v) is 4.34. The second kappa shape index (κ2) is 7.37. The van der Waals surface area contributed by atoms with Crippen LogP contribution in [0.1, 0.15) is 6.42 Å². The van der Waals surface area contributed by atoms with Crippen LogP contribution in [0, 0.1) is 0 Å². The van der Waals surface area contributed by atoms with Crippen molar-refractivity contribution in [3.63, 3.8) is 0 Å². The smallest absolute Gasteiger partial charge is 0.238 e. The third-order valence-corrected chi connectivity index (χ3v) is 5.95. The normalized spacial score (nSPS) is 19.7. The summed E-state index contributed by atoms with van der Waals surface area (Å²) in [6.07, 6.45) is 2.01. The molecule has 0 saturated carbocycles. The molecule has 1 fully saturated rings. The number of pyridine rings is 1. The number of benzene rings is 1. The van der Waals surface area contributed by atoms with Gasteiger partial charge in [-0.25, -0.2) is 4.98 Å². The van der Waals surface area contributed by atoms with E-state index < -0.39 is 0 Å². The second-order valence-corrected chi connectivity index (χ2v) is 7.60. The van der Waals surface area contributed by atoms with Crippen LogP contribution in [0.4, 0.5) is 11.5 Å². The average molecular weight is 368 g/mol. The van der Waals surface area contributed by atoms with Crippen molar-refractivity contribution in [2.24, 2.45) is 0 Å². The molecule has 1 atom stereocenters. The van der Waals surface area contributed by atoms with Gasteiger partial charge in [0.25, 0.3) is 0 Å². The monoisotopic (exact) mass is 368 g/mol. The summed E-state index contributed by atoms with van der Waals surface area (Å²) in [5.41, 5.74) is 0.829. The van der Waals surface area contributed by atoms with E-state index in [4.69, 9.17) is 0 Å². The third-order valence-electron chi connectivity index (χ3n) is 4.67. The molecule has 2 aliphatic rings. The van der Waals surface area contributed by atoms with E-state index in [1.54, 1.807) is 6.20 Å². The molecule has 0 radical (unpaired) electrons. The minimum Gasteiger partial charge on any atom is -0.353 e. The van der Waals surface area contributed by atoms with Crippen molar-refractivity contribution in [1.82, 2.24) is 9.88 Å². The van der Waals surface area contributed by atoms with Crippen molar-refractivity contribution in [2.75, 3.05) is 36.4 Å². The Morgan fingerprint density at radius 1 is 1.12 bits per heavy atom. The summed E-state index contributed by atoms with van der Waals surface area (Å²) in [6.45, 7) is 2.83. The lowest BCUT2D eigenvalue weighted by atomic mass is 10.2. The highest BCUT2D eigenvalue weighted by atomic mass is 32.2. The van der Waals surface area contributed by atoms with Gasteiger partial charge in [-0.15, -0.1) is 11.8 Å². The van der Waals surface area contributed by atoms with E-state index >= 15 is 0 Å². The number of amides is 2. The number of piperazine rings is 1. The van der Waals surface area contributed by atoms with E-state index in [2.05, 4.69) is 15.2 Å². The molecule has 1 aromatic carbocycles. The zero-order valence-corrected chi connectivity index (χ0v) is 15.1. The lowest BCUT2D eigenvalue weighted by molar-refractivity contribution is -0.132. The summed E-state index contributed by atoms with van der Waals surface area (Å²) >= 11 is 1.47. The van der Waals surface area contributed by atoms with Crippen LogP contribution < -0.4 is 10.2 Å². The van der Waals surface area contributed by atoms with Crippen LogP contribution >= 0.6 is 11.8 Å². The summed E-state index contributed by atoms with van der Waals surface area (Å²) in [4.78, 5) is 34.4. The minimum atomic E-state index is -0.369. The van der Waals surface area contributed by atoms with Crippen molar-refractivity contribution in [2.45, 2.75) is 16.6 Å². The van der Waals surface area contributed by atoms with Gasteiger partial charge in [-0.05, 0) is 24.3 Å². The van der Waals surface area contributed by atoms with Gasteiger partial charge in [-0.3, -0.25) is 9.59 Å². The predicted molar refractivity (Wildman–Crippen MR) is 102 cm³/mol. The Morgan fingerprint density at radius 3 is 2.65 bits per heavy atom. The van der Waals surface area contributed by atoms with Gasteiger partial charge in [-0.2, -0.15) is 0 Å². The maximum atomic E-state index is 12.7. The van der Waals surface area contributed by atoms with E-state index in [0.717, 1.165) is 29.5 Å². The van der Waals surface area contributed by atoms with Crippen LogP contribution in [-0.2, 0) is 9.59 Å². The number of carbonyl (C=O) groups is 2. The van der Waals surface area contributed by atoms with Gasteiger partial charge in [0.05, 0.1) is 10.9 Å². The Balaban J connectivity index is 1.34. The van der Waals surface area contributed by atoms with E-state index in [1.165, 1.54) is 11.8 Å².